The van der Waals surface area contributed by atoms with Crippen LogP contribution in [0.1, 0.15) is 19.7 Å². The SMILES string of the molecule is COc1ccc(-c2noc(CN3CCN(C(=O)C(C)NC(C)=O)CC3)n2)cc1. The van der Waals surface area contributed by atoms with Gasteiger partial charge in [-0.3, -0.25) is 14.5 Å². The van der Waals surface area contributed by atoms with E-state index < -0.39 is 6.04 Å². The van der Waals surface area contributed by atoms with Gasteiger partial charge in [-0.1, -0.05) is 5.16 Å². The van der Waals surface area contributed by atoms with Gasteiger partial charge in [-0.2, -0.15) is 4.98 Å². The minimum Gasteiger partial charge on any atom is -0.497 e. The molecule has 1 atom stereocenters. The molecule has 0 saturated carbocycles. The molecule has 1 unspecified atom stereocenters. The Kier molecular flexibility index (Phi) is 6.25. The van der Waals surface area contributed by atoms with Crippen LogP contribution in [0.3, 0.4) is 0 Å². The number of carbonyl (C=O) groups excluding carboxylic acids is 2. The van der Waals surface area contributed by atoms with Gasteiger partial charge in [0.1, 0.15) is 11.8 Å². The molecule has 1 aromatic carbocycles. The number of carbonyl (C=O) groups is 2. The lowest BCUT2D eigenvalue weighted by atomic mass is 10.2. The minimum absolute atomic E-state index is 0.0607. The number of ether oxygens (including phenoxy) is 1. The number of nitrogens with one attached hydrogen (secondary N) is 1. The maximum Gasteiger partial charge on any atom is 0.244 e. The van der Waals surface area contributed by atoms with Crippen molar-refractivity contribution in [1.29, 1.82) is 0 Å². The number of benzene rings is 1. The second kappa shape index (κ2) is 8.83. The zero-order chi connectivity index (χ0) is 20.1. The summed E-state index contributed by atoms with van der Waals surface area (Å²) in [7, 11) is 1.62. The lowest BCUT2D eigenvalue weighted by molar-refractivity contribution is -0.137. The topological polar surface area (TPSA) is 101 Å². The van der Waals surface area contributed by atoms with Gasteiger partial charge >= 0.3 is 0 Å². The van der Waals surface area contributed by atoms with Crippen molar-refractivity contribution >= 4 is 11.8 Å². The molecule has 1 N–H and O–H groups in total. The highest BCUT2D eigenvalue weighted by Crippen LogP contribution is 2.20. The van der Waals surface area contributed by atoms with Crippen LogP contribution in [-0.2, 0) is 16.1 Å². The Bertz CT molecular complexity index is 812. The quantitative estimate of drug-likeness (QED) is 0.786. The molecule has 1 fully saturated rings. The highest BCUT2D eigenvalue weighted by molar-refractivity contribution is 5.86. The van der Waals surface area contributed by atoms with Crippen molar-refractivity contribution in [2.75, 3.05) is 33.3 Å². The van der Waals surface area contributed by atoms with E-state index in [1.165, 1.54) is 6.92 Å². The third-order valence-electron chi connectivity index (χ3n) is 4.65. The fourth-order valence-corrected chi connectivity index (χ4v) is 3.13. The predicted molar refractivity (Wildman–Crippen MR) is 101 cm³/mol. The van der Waals surface area contributed by atoms with E-state index in [-0.39, 0.29) is 11.8 Å². The largest absolute Gasteiger partial charge is 0.497 e. The van der Waals surface area contributed by atoms with Crippen LogP contribution in [0, 0.1) is 0 Å². The molecule has 0 radical (unpaired) electrons. The van der Waals surface area contributed by atoms with Gasteiger partial charge in [0.2, 0.25) is 23.5 Å². The van der Waals surface area contributed by atoms with Crippen LogP contribution in [0.5, 0.6) is 5.75 Å². The van der Waals surface area contributed by atoms with Gasteiger partial charge < -0.3 is 19.5 Å². The van der Waals surface area contributed by atoms with Gasteiger partial charge in [0.25, 0.3) is 0 Å². The number of piperazine rings is 1. The summed E-state index contributed by atoms with van der Waals surface area (Å²) in [5.74, 6) is 1.58. The first-order valence-electron chi connectivity index (χ1n) is 9.21. The minimum atomic E-state index is -0.507. The molecule has 150 valence electrons. The molecule has 28 heavy (non-hydrogen) atoms. The molecule has 2 heterocycles. The molecule has 0 bridgehead atoms. The Morgan fingerprint density at radius 2 is 1.89 bits per heavy atom. The lowest BCUT2D eigenvalue weighted by Gasteiger charge is -2.35. The summed E-state index contributed by atoms with van der Waals surface area (Å²) in [5, 5.41) is 6.67. The van der Waals surface area contributed by atoms with E-state index in [0.29, 0.717) is 44.4 Å². The third kappa shape index (κ3) is 4.86. The molecular formula is C19H25N5O4. The Labute approximate surface area is 163 Å². The van der Waals surface area contributed by atoms with Crippen molar-refractivity contribution in [1.82, 2.24) is 25.3 Å². The molecule has 1 aromatic heterocycles. The summed E-state index contributed by atoms with van der Waals surface area (Å²) in [4.78, 5) is 31.9. The fourth-order valence-electron chi connectivity index (χ4n) is 3.13. The summed E-state index contributed by atoms with van der Waals surface area (Å²) < 4.78 is 10.5. The molecule has 0 aliphatic carbocycles. The van der Waals surface area contributed by atoms with E-state index >= 15 is 0 Å². The van der Waals surface area contributed by atoms with Crippen LogP contribution >= 0.6 is 0 Å². The Hall–Kier alpha value is -2.94. The summed E-state index contributed by atoms with van der Waals surface area (Å²) >= 11 is 0. The van der Waals surface area contributed by atoms with Crippen molar-refractivity contribution < 1.29 is 18.8 Å². The van der Waals surface area contributed by atoms with E-state index in [1.54, 1.807) is 18.9 Å². The van der Waals surface area contributed by atoms with Crippen LogP contribution in [0.2, 0.25) is 0 Å². The van der Waals surface area contributed by atoms with Crippen LogP contribution in [0.25, 0.3) is 11.4 Å². The summed E-state index contributed by atoms with van der Waals surface area (Å²) in [5.41, 5.74) is 0.859. The van der Waals surface area contributed by atoms with E-state index in [2.05, 4.69) is 20.4 Å². The van der Waals surface area contributed by atoms with E-state index in [0.717, 1.165) is 11.3 Å². The first kappa shape index (κ1) is 19.8. The molecule has 2 amide bonds. The molecule has 0 spiro atoms. The van der Waals surface area contributed by atoms with Crippen molar-refractivity contribution in [3.63, 3.8) is 0 Å². The molecule has 1 saturated heterocycles. The maximum absolute atomic E-state index is 12.3. The third-order valence-corrected chi connectivity index (χ3v) is 4.65. The fraction of sp³-hybridized carbons (Fsp3) is 0.474. The van der Waals surface area contributed by atoms with Crippen LogP contribution in [0.4, 0.5) is 0 Å². The van der Waals surface area contributed by atoms with Crippen molar-refractivity contribution in [2.24, 2.45) is 0 Å². The number of hydrogen-bond acceptors (Lipinski definition) is 7. The van der Waals surface area contributed by atoms with E-state index in [9.17, 15) is 9.59 Å². The molecular weight excluding hydrogens is 362 g/mol. The van der Waals surface area contributed by atoms with Crippen molar-refractivity contribution in [2.45, 2.75) is 26.4 Å². The normalized spacial score (nSPS) is 15.9. The molecule has 9 nitrogen and oxygen atoms in total. The predicted octanol–water partition coefficient (Wildman–Crippen LogP) is 0.914. The Morgan fingerprint density at radius 1 is 1.21 bits per heavy atom. The smallest absolute Gasteiger partial charge is 0.244 e. The highest BCUT2D eigenvalue weighted by Gasteiger charge is 2.26. The zero-order valence-corrected chi connectivity index (χ0v) is 16.3. The zero-order valence-electron chi connectivity index (χ0n) is 16.3. The average Bonchev–Trinajstić information content (AvgIpc) is 3.16. The molecule has 3 rings (SSSR count). The van der Waals surface area contributed by atoms with Crippen LogP contribution in [-0.4, -0.2) is 71.1 Å². The number of methoxy groups -OCH3 is 1. The van der Waals surface area contributed by atoms with Gasteiger partial charge in [0, 0.05) is 38.7 Å². The monoisotopic (exact) mass is 387 g/mol. The number of aromatic nitrogens is 2. The second-order valence-electron chi connectivity index (χ2n) is 6.76. The lowest BCUT2D eigenvalue weighted by Crippen LogP contribution is -2.53. The first-order valence-corrected chi connectivity index (χ1v) is 9.21. The Morgan fingerprint density at radius 3 is 2.50 bits per heavy atom. The number of hydrogen-bond donors (Lipinski definition) is 1. The molecule has 2 aromatic rings. The molecule has 1 aliphatic rings. The van der Waals surface area contributed by atoms with Gasteiger partial charge in [0.15, 0.2) is 0 Å². The van der Waals surface area contributed by atoms with Gasteiger partial charge in [-0.05, 0) is 31.2 Å². The Balaban J connectivity index is 1.52. The molecule has 1 aliphatic heterocycles. The van der Waals surface area contributed by atoms with Crippen LogP contribution in [0.15, 0.2) is 28.8 Å². The number of rotatable bonds is 6. The van der Waals surface area contributed by atoms with Crippen molar-refractivity contribution in [3.8, 4) is 17.1 Å². The summed E-state index contributed by atoms with van der Waals surface area (Å²) in [6.45, 7) is 6.26. The van der Waals surface area contributed by atoms with Crippen molar-refractivity contribution in [3.05, 3.63) is 30.2 Å². The van der Waals surface area contributed by atoms with Gasteiger partial charge in [0.05, 0.1) is 13.7 Å². The van der Waals surface area contributed by atoms with E-state index in [1.807, 2.05) is 24.3 Å². The highest BCUT2D eigenvalue weighted by atomic mass is 16.5. The summed E-state index contributed by atoms with van der Waals surface area (Å²) in [6.07, 6.45) is 0. The van der Waals surface area contributed by atoms with E-state index in [4.69, 9.17) is 9.26 Å². The standard InChI is InChI=1S/C19H25N5O4/c1-13(20-14(2)25)19(26)24-10-8-23(9-11-24)12-17-21-18(22-28-17)15-4-6-16(27-3)7-5-15/h4-7,13H,8-12H2,1-3H3,(H,20,25). The maximum atomic E-state index is 12.3. The molecule has 9 heteroatoms. The second-order valence-corrected chi connectivity index (χ2v) is 6.76. The van der Waals surface area contributed by atoms with Gasteiger partial charge in [-0.25, -0.2) is 0 Å². The number of nitrogens with zero attached hydrogens (tertiary/aromatic N) is 4. The first-order chi connectivity index (χ1) is 13.5. The number of amides is 2. The van der Waals surface area contributed by atoms with Gasteiger partial charge in [-0.15, -0.1) is 0 Å². The average molecular weight is 387 g/mol. The summed E-state index contributed by atoms with van der Waals surface area (Å²) in [6, 6.07) is 6.96. The van der Waals surface area contributed by atoms with Crippen LogP contribution < -0.4 is 10.1 Å².